The van der Waals surface area contributed by atoms with Crippen molar-refractivity contribution in [1.82, 2.24) is 5.32 Å². The molecule has 0 aliphatic carbocycles. The summed E-state index contributed by atoms with van der Waals surface area (Å²) in [5.41, 5.74) is 6.58. The lowest BCUT2D eigenvalue weighted by atomic mass is 10.1. The van der Waals surface area contributed by atoms with E-state index in [1.54, 1.807) is 12.1 Å². The first-order valence-electron chi connectivity index (χ1n) is 5.85. The molecular weight excluding hydrogens is 248 g/mol. The monoisotopic (exact) mass is 266 g/mol. The van der Waals surface area contributed by atoms with Crippen LogP contribution in [-0.2, 0) is 20.7 Å². The molecule has 19 heavy (non-hydrogen) atoms. The first-order valence-corrected chi connectivity index (χ1v) is 5.85. The predicted molar refractivity (Wildman–Crippen MR) is 69.4 cm³/mol. The van der Waals surface area contributed by atoms with Crippen molar-refractivity contribution in [3.8, 4) is 5.75 Å². The highest BCUT2D eigenvalue weighted by atomic mass is 16.5. The minimum absolute atomic E-state index is 0.154. The number of rotatable bonds is 5. The average molecular weight is 266 g/mol. The van der Waals surface area contributed by atoms with Crippen molar-refractivity contribution in [3.05, 3.63) is 29.8 Å². The molecule has 1 aromatic rings. The van der Waals surface area contributed by atoms with Crippen molar-refractivity contribution in [2.75, 3.05) is 7.11 Å². The summed E-state index contributed by atoms with van der Waals surface area (Å²) >= 11 is 0. The fourth-order valence-electron chi connectivity index (χ4n) is 1.53. The van der Waals surface area contributed by atoms with Crippen LogP contribution in [0.15, 0.2) is 24.3 Å². The lowest BCUT2D eigenvalue weighted by Crippen LogP contribution is -2.48. The number of nitrogens with one attached hydrogen (secondary N) is 1. The fraction of sp³-hybridized carbons (Fsp3) is 0.385. The Hall–Kier alpha value is -2.08. The Kier molecular flexibility index (Phi) is 5.32. The minimum Gasteiger partial charge on any atom is -0.508 e. The number of hydrogen-bond acceptors (Lipinski definition) is 5. The van der Waals surface area contributed by atoms with E-state index in [9.17, 15) is 9.59 Å². The summed E-state index contributed by atoms with van der Waals surface area (Å²) in [6.07, 6.45) is 0.319. The maximum Gasteiger partial charge on any atom is 0.328 e. The zero-order valence-electron chi connectivity index (χ0n) is 10.9. The zero-order valence-corrected chi connectivity index (χ0v) is 10.9. The number of phenolic OH excluding ortho intramolecular Hbond substituents is 1. The van der Waals surface area contributed by atoms with Gasteiger partial charge in [-0.1, -0.05) is 12.1 Å². The van der Waals surface area contributed by atoms with Crippen LogP contribution in [0.5, 0.6) is 5.75 Å². The van der Waals surface area contributed by atoms with Crippen LogP contribution in [0.2, 0.25) is 0 Å². The third kappa shape index (κ3) is 4.59. The average Bonchev–Trinajstić information content (AvgIpc) is 2.40. The van der Waals surface area contributed by atoms with Gasteiger partial charge in [-0.2, -0.15) is 0 Å². The molecule has 0 aromatic heterocycles. The molecule has 0 saturated carbocycles. The highest BCUT2D eigenvalue weighted by Gasteiger charge is 2.20. The second-order valence-corrected chi connectivity index (χ2v) is 4.23. The molecule has 1 aromatic carbocycles. The van der Waals surface area contributed by atoms with Gasteiger partial charge in [0.15, 0.2) is 0 Å². The molecule has 0 spiro atoms. The molecular formula is C13H18N2O4. The second-order valence-electron chi connectivity index (χ2n) is 4.23. The van der Waals surface area contributed by atoms with Crippen molar-refractivity contribution < 1.29 is 19.4 Å². The largest absolute Gasteiger partial charge is 0.508 e. The van der Waals surface area contributed by atoms with Crippen LogP contribution in [0.25, 0.3) is 0 Å². The van der Waals surface area contributed by atoms with Crippen molar-refractivity contribution in [2.24, 2.45) is 5.73 Å². The summed E-state index contributed by atoms with van der Waals surface area (Å²) in [5.74, 6) is -0.794. The third-order valence-electron chi connectivity index (χ3n) is 2.64. The fourth-order valence-corrected chi connectivity index (χ4v) is 1.53. The van der Waals surface area contributed by atoms with E-state index >= 15 is 0 Å². The van der Waals surface area contributed by atoms with Crippen LogP contribution in [-0.4, -0.2) is 36.2 Å². The molecule has 0 bridgehead atoms. The van der Waals surface area contributed by atoms with Crippen LogP contribution in [0.1, 0.15) is 12.5 Å². The van der Waals surface area contributed by atoms with Crippen LogP contribution < -0.4 is 11.1 Å². The maximum absolute atomic E-state index is 11.8. The van der Waals surface area contributed by atoms with Crippen LogP contribution in [0.3, 0.4) is 0 Å². The number of aromatic hydroxyl groups is 1. The quantitative estimate of drug-likeness (QED) is 0.648. The van der Waals surface area contributed by atoms with E-state index in [0.717, 1.165) is 5.56 Å². The number of carbonyl (C=O) groups is 2. The number of phenols is 1. The van der Waals surface area contributed by atoms with Gasteiger partial charge in [-0.15, -0.1) is 0 Å². The summed E-state index contributed by atoms with van der Waals surface area (Å²) in [6.45, 7) is 1.52. The lowest BCUT2D eigenvalue weighted by molar-refractivity contribution is -0.144. The van der Waals surface area contributed by atoms with Gasteiger partial charge < -0.3 is 20.9 Å². The first-order chi connectivity index (χ1) is 8.93. The number of methoxy groups -OCH3 is 1. The molecule has 0 aliphatic heterocycles. The third-order valence-corrected chi connectivity index (χ3v) is 2.64. The van der Waals surface area contributed by atoms with Crippen LogP contribution >= 0.6 is 0 Å². The molecule has 0 aliphatic rings. The standard InChI is InChI=1S/C13H18N2O4/c1-8(13(18)19-2)15-12(17)11(14)7-9-3-5-10(16)6-4-9/h3-6,8,11,16H,7,14H2,1-2H3,(H,15,17)/t8-,11-/m1/s1. The molecule has 6 nitrogen and oxygen atoms in total. The van der Waals surface area contributed by atoms with E-state index in [2.05, 4.69) is 10.1 Å². The van der Waals surface area contributed by atoms with Crippen LogP contribution in [0, 0.1) is 0 Å². The van der Waals surface area contributed by atoms with Gasteiger partial charge in [-0.25, -0.2) is 4.79 Å². The summed E-state index contributed by atoms with van der Waals surface area (Å²) in [5, 5.41) is 11.6. The molecule has 0 radical (unpaired) electrons. The van der Waals surface area contributed by atoms with E-state index in [0.29, 0.717) is 6.42 Å². The molecule has 0 unspecified atom stereocenters. The highest BCUT2D eigenvalue weighted by Crippen LogP contribution is 2.10. The van der Waals surface area contributed by atoms with E-state index in [-0.39, 0.29) is 5.75 Å². The predicted octanol–water partition coefficient (Wildman–Crippen LogP) is -0.0603. The lowest BCUT2D eigenvalue weighted by Gasteiger charge is -2.16. The van der Waals surface area contributed by atoms with Crippen molar-refractivity contribution in [2.45, 2.75) is 25.4 Å². The van der Waals surface area contributed by atoms with Crippen molar-refractivity contribution in [1.29, 1.82) is 0 Å². The van der Waals surface area contributed by atoms with Gasteiger partial charge in [0, 0.05) is 0 Å². The van der Waals surface area contributed by atoms with E-state index in [1.165, 1.54) is 26.2 Å². The molecule has 4 N–H and O–H groups in total. The molecule has 0 saturated heterocycles. The van der Waals surface area contributed by atoms with Gasteiger partial charge in [0.1, 0.15) is 11.8 Å². The molecule has 6 heteroatoms. The molecule has 0 heterocycles. The molecule has 104 valence electrons. The minimum atomic E-state index is -0.767. The maximum atomic E-state index is 11.8. The van der Waals surface area contributed by atoms with Crippen molar-refractivity contribution >= 4 is 11.9 Å². The van der Waals surface area contributed by atoms with Gasteiger partial charge in [0.25, 0.3) is 0 Å². The summed E-state index contributed by atoms with van der Waals surface area (Å²) in [7, 11) is 1.25. The summed E-state index contributed by atoms with van der Waals surface area (Å²) in [6, 6.07) is 4.92. The summed E-state index contributed by atoms with van der Waals surface area (Å²) in [4.78, 5) is 22.9. The Bertz CT molecular complexity index is 444. The first kappa shape index (κ1) is 15.0. The zero-order chi connectivity index (χ0) is 14.4. The number of esters is 1. The normalized spacial score (nSPS) is 13.4. The molecule has 2 atom stereocenters. The van der Waals surface area contributed by atoms with Gasteiger partial charge in [-0.3, -0.25) is 4.79 Å². The van der Waals surface area contributed by atoms with E-state index in [1.807, 2.05) is 0 Å². The Labute approximate surface area is 111 Å². The molecule has 0 fully saturated rings. The van der Waals surface area contributed by atoms with Crippen molar-refractivity contribution in [3.63, 3.8) is 0 Å². The van der Waals surface area contributed by atoms with E-state index in [4.69, 9.17) is 10.8 Å². The summed E-state index contributed by atoms with van der Waals surface area (Å²) < 4.78 is 4.50. The number of benzene rings is 1. The van der Waals surface area contributed by atoms with Gasteiger partial charge in [0.05, 0.1) is 13.2 Å². The number of ether oxygens (including phenoxy) is 1. The van der Waals surface area contributed by atoms with Gasteiger partial charge in [-0.05, 0) is 31.0 Å². The second kappa shape index (κ2) is 6.75. The number of amides is 1. The van der Waals surface area contributed by atoms with Crippen LogP contribution in [0.4, 0.5) is 0 Å². The van der Waals surface area contributed by atoms with Gasteiger partial charge in [0.2, 0.25) is 5.91 Å². The van der Waals surface area contributed by atoms with Gasteiger partial charge >= 0.3 is 5.97 Å². The Morgan fingerprint density at radius 2 is 1.95 bits per heavy atom. The highest BCUT2D eigenvalue weighted by molar-refractivity contribution is 5.87. The van der Waals surface area contributed by atoms with E-state index < -0.39 is 24.0 Å². The Balaban J connectivity index is 2.53. The SMILES string of the molecule is COC(=O)[C@@H](C)NC(=O)[C@H](N)Cc1ccc(O)cc1. The Morgan fingerprint density at radius 3 is 2.47 bits per heavy atom. The number of nitrogens with two attached hydrogens (primary N) is 1. The number of hydrogen-bond donors (Lipinski definition) is 3. The Morgan fingerprint density at radius 1 is 1.37 bits per heavy atom. The topological polar surface area (TPSA) is 102 Å². The molecule has 1 amide bonds. The molecule has 1 rings (SSSR count). The number of carbonyl (C=O) groups excluding carboxylic acids is 2. The smallest absolute Gasteiger partial charge is 0.328 e.